The summed E-state index contributed by atoms with van der Waals surface area (Å²) in [5, 5.41) is 0. The third-order valence-corrected chi connectivity index (χ3v) is 5.71. The van der Waals surface area contributed by atoms with E-state index in [1.807, 2.05) is 0 Å². The van der Waals surface area contributed by atoms with E-state index in [0.29, 0.717) is 22.3 Å². The molecule has 21 heavy (non-hydrogen) atoms. The summed E-state index contributed by atoms with van der Waals surface area (Å²) in [6.45, 7) is 4.61. The van der Waals surface area contributed by atoms with Gasteiger partial charge >= 0.3 is 0 Å². The number of benzene rings is 1. The average Bonchev–Trinajstić information content (AvgIpc) is 2.80. The van der Waals surface area contributed by atoms with Gasteiger partial charge in [-0.15, -0.1) is 11.6 Å². The summed E-state index contributed by atoms with van der Waals surface area (Å²) in [7, 11) is 0. The number of halogens is 3. The van der Waals surface area contributed by atoms with Crippen LogP contribution in [0.1, 0.15) is 45.0 Å². The third-order valence-electron chi connectivity index (χ3n) is 4.86. The molecule has 1 saturated carbocycles. The van der Waals surface area contributed by atoms with Crippen molar-refractivity contribution in [3.05, 3.63) is 28.2 Å². The van der Waals surface area contributed by atoms with Crippen LogP contribution in [0.15, 0.2) is 16.6 Å². The second-order valence-corrected chi connectivity index (χ2v) is 7.33. The van der Waals surface area contributed by atoms with Crippen molar-refractivity contribution in [2.45, 2.75) is 45.0 Å². The van der Waals surface area contributed by atoms with Crippen molar-refractivity contribution in [2.24, 2.45) is 11.8 Å². The molecule has 1 aromatic heterocycles. The molecule has 1 aliphatic carbocycles. The summed E-state index contributed by atoms with van der Waals surface area (Å²) in [5.41, 5.74) is 1.67. The van der Waals surface area contributed by atoms with Crippen molar-refractivity contribution in [3.8, 4) is 0 Å². The fraction of sp³-hybridized carbons (Fsp3) is 0.562. The average molecular weight is 374 g/mol. The first kappa shape index (κ1) is 15.3. The van der Waals surface area contributed by atoms with E-state index in [0.717, 1.165) is 35.6 Å². The van der Waals surface area contributed by atoms with Gasteiger partial charge in [-0.05, 0) is 53.1 Å². The van der Waals surface area contributed by atoms with Gasteiger partial charge in [0.25, 0.3) is 0 Å². The van der Waals surface area contributed by atoms with E-state index in [1.165, 1.54) is 6.42 Å². The Labute approximate surface area is 137 Å². The Balaban J connectivity index is 2.10. The highest BCUT2D eigenvalue weighted by Gasteiger charge is 2.28. The van der Waals surface area contributed by atoms with E-state index in [4.69, 9.17) is 11.6 Å². The zero-order chi connectivity index (χ0) is 15.1. The van der Waals surface area contributed by atoms with E-state index in [2.05, 4.69) is 39.3 Å². The summed E-state index contributed by atoms with van der Waals surface area (Å²) in [6.07, 6.45) is 3.42. The molecule has 5 heteroatoms. The molecule has 1 aliphatic rings. The van der Waals surface area contributed by atoms with Gasteiger partial charge in [0.1, 0.15) is 11.6 Å². The molecule has 0 radical (unpaired) electrons. The van der Waals surface area contributed by atoms with E-state index in [1.54, 1.807) is 12.1 Å². The van der Waals surface area contributed by atoms with Crippen molar-refractivity contribution in [1.82, 2.24) is 9.55 Å². The summed E-state index contributed by atoms with van der Waals surface area (Å²) in [4.78, 5) is 4.59. The van der Waals surface area contributed by atoms with E-state index in [9.17, 15) is 4.39 Å². The Hall–Kier alpha value is -0.610. The lowest BCUT2D eigenvalue weighted by molar-refractivity contribution is 0.211. The van der Waals surface area contributed by atoms with Gasteiger partial charge in [-0.1, -0.05) is 13.8 Å². The maximum Gasteiger partial charge on any atom is 0.139 e. The number of rotatable bonds is 2. The van der Waals surface area contributed by atoms with Crippen molar-refractivity contribution >= 4 is 38.6 Å². The number of fused-ring (bicyclic) bond motifs is 1. The summed E-state index contributed by atoms with van der Waals surface area (Å²) in [6, 6.07) is 3.69. The molecular weight excluding hydrogens is 355 g/mol. The molecule has 2 nitrogen and oxygen atoms in total. The van der Waals surface area contributed by atoms with Crippen LogP contribution in [-0.2, 0) is 5.88 Å². The van der Waals surface area contributed by atoms with Gasteiger partial charge < -0.3 is 4.57 Å². The van der Waals surface area contributed by atoms with E-state index in [-0.39, 0.29) is 5.82 Å². The Bertz CT molecular complexity index is 670. The highest BCUT2D eigenvalue weighted by molar-refractivity contribution is 9.10. The Morgan fingerprint density at radius 3 is 2.76 bits per heavy atom. The van der Waals surface area contributed by atoms with Gasteiger partial charge in [-0.3, -0.25) is 0 Å². The molecule has 0 amide bonds. The molecular formula is C16H19BrClFN2. The summed E-state index contributed by atoms with van der Waals surface area (Å²) < 4.78 is 16.5. The zero-order valence-electron chi connectivity index (χ0n) is 12.2. The largest absolute Gasteiger partial charge is 0.324 e. The minimum Gasteiger partial charge on any atom is -0.324 e. The van der Waals surface area contributed by atoms with Crippen LogP contribution in [-0.4, -0.2) is 9.55 Å². The lowest BCUT2D eigenvalue weighted by Gasteiger charge is -2.33. The minimum atomic E-state index is -0.248. The molecule has 0 spiro atoms. The molecule has 0 aliphatic heterocycles. The fourth-order valence-corrected chi connectivity index (χ4v) is 3.92. The molecule has 0 bridgehead atoms. The minimum absolute atomic E-state index is 0.248. The lowest BCUT2D eigenvalue weighted by Crippen LogP contribution is -2.24. The van der Waals surface area contributed by atoms with Crippen molar-refractivity contribution < 1.29 is 4.39 Å². The van der Waals surface area contributed by atoms with Crippen LogP contribution in [0.2, 0.25) is 0 Å². The quantitative estimate of drug-likeness (QED) is 0.620. The van der Waals surface area contributed by atoms with Gasteiger partial charge in [0.05, 0.1) is 21.4 Å². The number of imidazole rings is 1. The van der Waals surface area contributed by atoms with Gasteiger partial charge in [0.15, 0.2) is 0 Å². The van der Waals surface area contributed by atoms with E-state index < -0.39 is 0 Å². The molecule has 1 fully saturated rings. The molecule has 1 aromatic carbocycles. The Morgan fingerprint density at radius 2 is 2.10 bits per heavy atom. The van der Waals surface area contributed by atoms with Crippen LogP contribution in [0, 0.1) is 17.7 Å². The second kappa shape index (κ2) is 5.88. The first-order valence-electron chi connectivity index (χ1n) is 7.43. The summed E-state index contributed by atoms with van der Waals surface area (Å²) in [5.74, 6) is 2.37. The van der Waals surface area contributed by atoms with Gasteiger partial charge in [0.2, 0.25) is 0 Å². The van der Waals surface area contributed by atoms with Crippen LogP contribution in [0.5, 0.6) is 0 Å². The van der Waals surface area contributed by atoms with E-state index >= 15 is 0 Å². The Kier molecular flexibility index (Phi) is 4.28. The number of alkyl halides is 1. The zero-order valence-corrected chi connectivity index (χ0v) is 14.6. The van der Waals surface area contributed by atoms with Crippen LogP contribution >= 0.6 is 27.5 Å². The number of aromatic nitrogens is 2. The second-order valence-electron chi connectivity index (χ2n) is 6.21. The molecule has 3 rings (SSSR count). The smallest absolute Gasteiger partial charge is 0.139 e. The fourth-order valence-electron chi connectivity index (χ4n) is 3.40. The molecule has 3 unspecified atom stereocenters. The maximum atomic E-state index is 13.9. The van der Waals surface area contributed by atoms with Crippen molar-refractivity contribution in [1.29, 1.82) is 0 Å². The first-order chi connectivity index (χ1) is 10.0. The molecule has 3 atom stereocenters. The first-order valence-corrected chi connectivity index (χ1v) is 8.75. The highest BCUT2D eigenvalue weighted by atomic mass is 79.9. The van der Waals surface area contributed by atoms with Crippen molar-refractivity contribution in [3.63, 3.8) is 0 Å². The van der Waals surface area contributed by atoms with Gasteiger partial charge in [0, 0.05) is 12.1 Å². The maximum absolute atomic E-state index is 13.9. The standard InChI is InChI=1S/C16H19BrClFN2/c1-9-3-4-11(5-10(9)2)21-15-7-13(19)12(17)6-14(15)20-16(21)8-18/h6-7,9-11H,3-5,8H2,1-2H3. The van der Waals surface area contributed by atoms with Gasteiger partial charge in [-0.25, -0.2) is 9.37 Å². The van der Waals surface area contributed by atoms with Crippen molar-refractivity contribution in [2.75, 3.05) is 0 Å². The monoisotopic (exact) mass is 372 g/mol. The summed E-state index contributed by atoms with van der Waals surface area (Å²) >= 11 is 9.31. The lowest BCUT2D eigenvalue weighted by atomic mass is 9.79. The molecule has 2 aromatic rings. The predicted molar refractivity (Wildman–Crippen MR) is 88.2 cm³/mol. The normalized spacial score (nSPS) is 26.4. The SMILES string of the molecule is CC1CCC(n2c(CCl)nc3cc(Br)c(F)cc32)CC1C. The molecule has 0 saturated heterocycles. The number of hydrogen-bond acceptors (Lipinski definition) is 1. The van der Waals surface area contributed by atoms with Crippen LogP contribution in [0.4, 0.5) is 4.39 Å². The van der Waals surface area contributed by atoms with Crippen LogP contribution in [0.25, 0.3) is 11.0 Å². The number of nitrogens with zero attached hydrogens (tertiary/aromatic N) is 2. The third kappa shape index (κ3) is 2.72. The van der Waals surface area contributed by atoms with Crippen LogP contribution in [0.3, 0.4) is 0 Å². The van der Waals surface area contributed by atoms with Crippen LogP contribution < -0.4 is 0 Å². The highest BCUT2D eigenvalue weighted by Crippen LogP contribution is 2.39. The van der Waals surface area contributed by atoms with Gasteiger partial charge in [-0.2, -0.15) is 0 Å². The molecule has 114 valence electrons. The number of hydrogen-bond donors (Lipinski definition) is 0. The molecule has 1 heterocycles. The Morgan fingerprint density at radius 1 is 1.33 bits per heavy atom. The topological polar surface area (TPSA) is 17.8 Å². The molecule has 0 N–H and O–H groups in total. The predicted octanol–water partition coefficient (Wildman–Crippen LogP) is 5.67.